The van der Waals surface area contributed by atoms with E-state index in [9.17, 15) is 9.90 Å². The van der Waals surface area contributed by atoms with Gasteiger partial charge in [0, 0.05) is 0 Å². The molecule has 0 fully saturated rings. The van der Waals surface area contributed by atoms with E-state index in [1.807, 2.05) is 6.92 Å². The van der Waals surface area contributed by atoms with Crippen molar-refractivity contribution in [1.82, 2.24) is 4.90 Å². The Kier molecular flexibility index (Phi) is 3.90. The summed E-state index contributed by atoms with van der Waals surface area (Å²) in [6, 6.07) is 4.45. The van der Waals surface area contributed by atoms with Crippen LogP contribution in [0, 0.1) is 6.92 Å². The molecular weight excluding hydrogens is 206 g/mol. The molecule has 1 unspecified atom stereocenters. The van der Waals surface area contributed by atoms with Crippen LogP contribution in [0.1, 0.15) is 11.1 Å². The molecule has 0 saturated heterocycles. The van der Waals surface area contributed by atoms with Crippen molar-refractivity contribution in [2.75, 3.05) is 14.1 Å². The zero-order chi connectivity index (χ0) is 12.3. The highest BCUT2D eigenvalue weighted by atomic mass is 16.4. The van der Waals surface area contributed by atoms with Crippen LogP contribution in [0.15, 0.2) is 18.2 Å². The molecule has 88 valence electrons. The van der Waals surface area contributed by atoms with Gasteiger partial charge in [-0.15, -0.1) is 0 Å². The number of hydrogen-bond donors (Lipinski definition) is 2. The van der Waals surface area contributed by atoms with E-state index in [-0.39, 0.29) is 5.75 Å². The maximum atomic E-state index is 11.0. The summed E-state index contributed by atoms with van der Waals surface area (Å²) in [4.78, 5) is 12.7. The van der Waals surface area contributed by atoms with Gasteiger partial charge in [0.1, 0.15) is 11.8 Å². The van der Waals surface area contributed by atoms with Gasteiger partial charge in [-0.3, -0.25) is 9.69 Å². The van der Waals surface area contributed by atoms with Crippen LogP contribution in [0.5, 0.6) is 5.75 Å². The number of carboxylic acid groups (broad SMARTS) is 1. The van der Waals surface area contributed by atoms with Crippen LogP contribution in [0.25, 0.3) is 0 Å². The quantitative estimate of drug-likeness (QED) is 0.806. The molecule has 0 radical (unpaired) electrons. The summed E-state index contributed by atoms with van der Waals surface area (Å²) < 4.78 is 0. The molecule has 0 aromatic heterocycles. The summed E-state index contributed by atoms with van der Waals surface area (Å²) in [6.07, 6.45) is 0.439. The molecule has 0 aliphatic rings. The van der Waals surface area contributed by atoms with E-state index < -0.39 is 12.0 Å². The fourth-order valence-corrected chi connectivity index (χ4v) is 1.61. The molecule has 1 atom stereocenters. The number of aliphatic carboxylic acids is 1. The Morgan fingerprint density at radius 3 is 2.50 bits per heavy atom. The molecule has 2 N–H and O–H groups in total. The van der Waals surface area contributed by atoms with Gasteiger partial charge >= 0.3 is 5.97 Å². The predicted octanol–water partition coefficient (Wildman–Crippen LogP) is 1.26. The summed E-state index contributed by atoms with van der Waals surface area (Å²) in [7, 11) is 3.49. The standard InChI is InChI=1S/C12H17NO3/c1-8-6-10(14)5-4-9(8)7-11(12(15)16)13(2)3/h4-6,11,14H,7H2,1-3H3,(H,15,16). The lowest BCUT2D eigenvalue weighted by molar-refractivity contribution is -0.142. The van der Waals surface area contributed by atoms with Crippen molar-refractivity contribution in [2.24, 2.45) is 0 Å². The van der Waals surface area contributed by atoms with Crippen LogP contribution >= 0.6 is 0 Å². The van der Waals surface area contributed by atoms with Crippen molar-refractivity contribution in [2.45, 2.75) is 19.4 Å². The Bertz CT molecular complexity index is 388. The minimum absolute atomic E-state index is 0.206. The molecule has 16 heavy (non-hydrogen) atoms. The molecule has 0 heterocycles. The monoisotopic (exact) mass is 223 g/mol. The third kappa shape index (κ3) is 2.97. The van der Waals surface area contributed by atoms with Crippen LogP contribution in [0.3, 0.4) is 0 Å². The fourth-order valence-electron chi connectivity index (χ4n) is 1.61. The number of likely N-dealkylation sites (N-methyl/N-ethyl adjacent to an activating group) is 1. The Balaban J connectivity index is 2.90. The van der Waals surface area contributed by atoms with Gasteiger partial charge in [0.2, 0.25) is 0 Å². The molecule has 4 nitrogen and oxygen atoms in total. The summed E-state index contributed by atoms with van der Waals surface area (Å²) >= 11 is 0. The minimum Gasteiger partial charge on any atom is -0.508 e. The number of phenolic OH excluding ortho intramolecular Hbond substituents is 1. The van der Waals surface area contributed by atoms with E-state index in [0.717, 1.165) is 11.1 Å². The first-order valence-corrected chi connectivity index (χ1v) is 5.09. The first-order valence-electron chi connectivity index (χ1n) is 5.09. The molecule has 0 aliphatic carbocycles. The molecule has 1 aromatic carbocycles. The second-order valence-electron chi connectivity index (χ2n) is 4.13. The number of hydrogen-bond acceptors (Lipinski definition) is 3. The Morgan fingerprint density at radius 1 is 1.44 bits per heavy atom. The Hall–Kier alpha value is -1.55. The van der Waals surface area contributed by atoms with Gasteiger partial charge in [0.25, 0.3) is 0 Å². The lowest BCUT2D eigenvalue weighted by atomic mass is 10.0. The predicted molar refractivity (Wildman–Crippen MR) is 61.7 cm³/mol. The molecule has 0 bridgehead atoms. The van der Waals surface area contributed by atoms with Crippen molar-refractivity contribution in [3.8, 4) is 5.75 Å². The first-order chi connectivity index (χ1) is 7.41. The highest BCUT2D eigenvalue weighted by molar-refractivity contribution is 5.74. The van der Waals surface area contributed by atoms with Crippen LogP contribution in [0.2, 0.25) is 0 Å². The average molecular weight is 223 g/mol. The largest absolute Gasteiger partial charge is 0.508 e. The number of rotatable bonds is 4. The van der Waals surface area contributed by atoms with Gasteiger partial charge in [0.15, 0.2) is 0 Å². The van der Waals surface area contributed by atoms with Crippen LogP contribution in [-0.4, -0.2) is 41.2 Å². The van der Waals surface area contributed by atoms with Crippen molar-refractivity contribution in [3.63, 3.8) is 0 Å². The molecule has 0 aliphatic heterocycles. The van der Waals surface area contributed by atoms with Gasteiger partial charge in [-0.25, -0.2) is 0 Å². The molecule has 0 amide bonds. The van der Waals surface area contributed by atoms with E-state index in [1.54, 1.807) is 37.2 Å². The highest BCUT2D eigenvalue weighted by Crippen LogP contribution is 2.18. The van der Waals surface area contributed by atoms with Gasteiger partial charge in [-0.1, -0.05) is 6.07 Å². The summed E-state index contributed by atoms with van der Waals surface area (Å²) in [5.74, 6) is -0.629. The van der Waals surface area contributed by atoms with Crippen molar-refractivity contribution in [3.05, 3.63) is 29.3 Å². The number of phenols is 1. The zero-order valence-electron chi connectivity index (χ0n) is 9.77. The van der Waals surface area contributed by atoms with Crippen LogP contribution < -0.4 is 0 Å². The molecule has 4 heteroatoms. The zero-order valence-corrected chi connectivity index (χ0v) is 9.77. The lowest BCUT2D eigenvalue weighted by Crippen LogP contribution is -2.37. The SMILES string of the molecule is Cc1cc(O)ccc1CC(C(=O)O)N(C)C. The molecule has 1 rings (SSSR count). The number of carboxylic acids is 1. The fraction of sp³-hybridized carbons (Fsp3) is 0.417. The smallest absolute Gasteiger partial charge is 0.321 e. The number of aryl methyl sites for hydroxylation is 1. The average Bonchev–Trinajstić information content (AvgIpc) is 2.15. The Morgan fingerprint density at radius 2 is 2.06 bits per heavy atom. The summed E-state index contributed by atoms with van der Waals surface area (Å²) in [6.45, 7) is 1.86. The van der Waals surface area contributed by atoms with Crippen LogP contribution in [-0.2, 0) is 11.2 Å². The van der Waals surface area contributed by atoms with Crippen LogP contribution in [0.4, 0.5) is 0 Å². The van der Waals surface area contributed by atoms with E-state index in [1.165, 1.54) is 0 Å². The molecule has 0 saturated carbocycles. The van der Waals surface area contributed by atoms with Gasteiger partial charge in [-0.2, -0.15) is 0 Å². The van der Waals surface area contributed by atoms with Gasteiger partial charge in [0.05, 0.1) is 0 Å². The summed E-state index contributed by atoms with van der Waals surface area (Å²) in [5, 5.41) is 18.3. The van der Waals surface area contributed by atoms with Crippen molar-refractivity contribution in [1.29, 1.82) is 0 Å². The van der Waals surface area contributed by atoms with Crippen molar-refractivity contribution >= 4 is 5.97 Å². The van der Waals surface area contributed by atoms with E-state index in [4.69, 9.17) is 5.11 Å². The van der Waals surface area contributed by atoms with Gasteiger partial charge < -0.3 is 10.2 Å². The van der Waals surface area contributed by atoms with Crippen molar-refractivity contribution < 1.29 is 15.0 Å². The van der Waals surface area contributed by atoms with Gasteiger partial charge in [-0.05, 0) is 50.7 Å². The maximum absolute atomic E-state index is 11.0. The van der Waals surface area contributed by atoms with E-state index >= 15 is 0 Å². The second kappa shape index (κ2) is 4.99. The Labute approximate surface area is 95.1 Å². The van der Waals surface area contributed by atoms with E-state index in [2.05, 4.69) is 0 Å². The number of carbonyl (C=O) groups is 1. The number of nitrogens with zero attached hydrogens (tertiary/aromatic N) is 1. The summed E-state index contributed by atoms with van der Waals surface area (Å²) in [5.41, 5.74) is 1.85. The third-order valence-electron chi connectivity index (χ3n) is 2.65. The molecular formula is C12H17NO3. The minimum atomic E-state index is -0.836. The second-order valence-corrected chi connectivity index (χ2v) is 4.13. The van der Waals surface area contributed by atoms with E-state index in [0.29, 0.717) is 6.42 Å². The highest BCUT2D eigenvalue weighted by Gasteiger charge is 2.20. The third-order valence-corrected chi connectivity index (χ3v) is 2.65. The topological polar surface area (TPSA) is 60.8 Å². The normalized spacial score (nSPS) is 12.8. The maximum Gasteiger partial charge on any atom is 0.321 e. The molecule has 1 aromatic rings. The number of aromatic hydroxyl groups is 1. The first kappa shape index (κ1) is 12.5. The molecule has 0 spiro atoms. The number of benzene rings is 1. The lowest BCUT2D eigenvalue weighted by Gasteiger charge is -2.20.